The van der Waals surface area contributed by atoms with Gasteiger partial charge in [0.15, 0.2) is 6.61 Å². The normalized spacial score (nSPS) is 10.7. The van der Waals surface area contributed by atoms with E-state index in [-0.39, 0.29) is 12.5 Å². The molecule has 1 N–H and O–H groups in total. The van der Waals surface area contributed by atoms with Crippen molar-refractivity contribution in [2.24, 2.45) is 5.10 Å². The van der Waals surface area contributed by atoms with Crippen LogP contribution in [0.1, 0.15) is 11.1 Å². The minimum absolute atomic E-state index is 0.110. The highest BCUT2D eigenvalue weighted by Crippen LogP contribution is 2.31. The summed E-state index contributed by atoms with van der Waals surface area (Å²) in [5.74, 6) is 0.962. The fraction of sp³-hybridized carbons (Fsp3) is 0.176. The Morgan fingerprint density at radius 3 is 2.75 bits per heavy atom. The molecule has 0 aliphatic rings. The van der Waals surface area contributed by atoms with Crippen LogP contribution in [0.15, 0.2) is 50.4 Å². The molecule has 0 unspecified atom stereocenters. The van der Waals surface area contributed by atoms with Crippen LogP contribution in [0.2, 0.25) is 0 Å². The summed E-state index contributed by atoms with van der Waals surface area (Å²) in [5, 5.41) is 3.94. The molecule has 7 heteroatoms. The van der Waals surface area contributed by atoms with Gasteiger partial charge in [-0.25, -0.2) is 5.43 Å². The highest BCUT2D eigenvalue weighted by atomic mass is 79.9. The van der Waals surface area contributed by atoms with Crippen molar-refractivity contribution in [1.82, 2.24) is 5.43 Å². The second-order valence-corrected chi connectivity index (χ2v) is 6.63. The second kappa shape index (κ2) is 8.84. The van der Waals surface area contributed by atoms with Crippen LogP contribution in [-0.2, 0) is 4.79 Å². The molecule has 2 aromatic carbocycles. The molecule has 0 aliphatic carbocycles. The monoisotopic (exact) mass is 454 g/mol. The number of hydrazone groups is 1. The first-order valence-electron chi connectivity index (χ1n) is 7.04. The Bertz CT molecular complexity index is 763. The quantitative estimate of drug-likeness (QED) is 0.527. The summed E-state index contributed by atoms with van der Waals surface area (Å²) < 4.78 is 12.4. The third-order valence-corrected chi connectivity index (χ3v) is 4.13. The lowest BCUT2D eigenvalue weighted by atomic mass is 10.2. The summed E-state index contributed by atoms with van der Waals surface area (Å²) in [6.07, 6.45) is 1.51. The second-order valence-electron chi connectivity index (χ2n) is 4.86. The van der Waals surface area contributed by atoms with Crippen LogP contribution in [0.5, 0.6) is 11.5 Å². The number of benzene rings is 2. The molecule has 0 saturated heterocycles. The minimum atomic E-state index is -0.345. The Kier molecular flexibility index (Phi) is 6.81. The zero-order valence-electron chi connectivity index (χ0n) is 13.2. The molecular weight excluding hydrogens is 440 g/mol. The third kappa shape index (κ3) is 5.07. The van der Waals surface area contributed by atoms with E-state index in [2.05, 4.69) is 42.4 Å². The summed E-state index contributed by atoms with van der Waals surface area (Å²) >= 11 is 6.81. The van der Waals surface area contributed by atoms with Gasteiger partial charge in [0.25, 0.3) is 5.91 Å². The highest BCUT2D eigenvalue weighted by molar-refractivity contribution is 9.11. The van der Waals surface area contributed by atoms with E-state index in [0.29, 0.717) is 11.5 Å². The van der Waals surface area contributed by atoms with E-state index in [1.807, 2.05) is 43.3 Å². The minimum Gasteiger partial charge on any atom is -0.495 e. The van der Waals surface area contributed by atoms with Gasteiger partial charge < -0.3 is 9.47 Å². The number of rotatable bonds is 6. The van der Waals surface area contributed by atoms with Gasteiger partial charge in [0.05, 0.1) is 17.8 Å². The lowest BCUT2D eigenvalue weighted by molar-refractivity contribution is -0.123. The molecule has 0 aliphatic heterocycles. The van der Waals surface area contributed by atoms with Crippen molar-refractivity contribution in [3.8, 4) is 11.5 Å². The topological polar surface area (TPSA) is 59.9 Å². The average molecular weight is 456 g/mol. The first kappa shape index (κ1) is 18.5. The van der Waals surface area contributed by atoms with E-state index in [4.69, 9.17) is 9.47 Å². The molecule has 0 atom stereocenters. The average Bonchev–Trinajstić information content (AvgIpc) is 2.54. The van der Waals surface area contributed by atoms with Crippen LogP contribution in [0.4, 0.5) is 0 Å². The summed E-state index contributed by atoms with van der Waals surface area (Å²) in [6, 6.07) is 11.2. The predicted octanol–water partition coefficient (Wildman–Crippen LogP) is 4.06. The van der Waals surface area contributed by atoms with Gasteiger partial charge in [0.1, 0.15) is 11.5 Å². The van der Waals surface area contributed by atoms with Crippen LogP contribution < -0.4 is 14.9 Å². The molecule has 2 aromatic rings. The van der Waals surface area contributed by atoms with Crippen molar-refractivity contribution in [3.63, 3.8) is 0 Å². The molecule has 1 amide bonds. The van der Waals surface area contributed by atoms with Crippen molar-refractivity contribution in [1.29, 1.82) is 0 Å². The van der Waals surface area contributed by atoms with Crippen molar-refractivity contribution >= 4 is 44.0 Å². The molecular formula is C17H16Br2N2O3. The first-order chi connectivity index (χ1) is 11.5. The van der Waals surface area contributed by atoms with Crippen molar-refractivity contribution in [2.75, 3.05) is 13.7 Å². The summed E-state index contributed by atoms with van der Waals surface area (Å²) in [7, 11) is 1.57. The van der Waals surface area contributed by atoms with E-state index in [1.54, 1.807) is 7.11 Å². The Hall–Kier alpha value is -1.86. The largest absolute Gasteiger partial charge is 0.495 e. The number of methoxy groups -OCH3 is 1. The Balaban J connectivity index is 1.94. The van der Waals surface area contributed by atoms with Gasteiger partial charge in [0, 0.05) is 10.0 Å². The van der Waals surface area contributed by atoms with Gasteiger partial charge in [-0.3, -0.25) is 4.79 Å². The molecule has 0 heterocycles. The Labute approximate surface area is 157 Å². The van der Waals surface area contributed by atoms with Crippen molar-refractivity contribution in [2.45, 2.75) is 6.92 Å². The Morgan fingerprint density at radius 1 is 1.29 bits per heavy atom. The lowest BCUT2D eigenvalue weighted by Crippen LogP contribution is -2.24. The maximum atomic E-state index is 11.8. The molecule has 5 nitrogen and oxygen atoms in total. The van der Waals surface area contributed by atoms with Crippen LogP contribution in [0.25, 0.3) is 0 Å². The van der Waals surface area contributed by atoms with E-state index >= 15 is 0 Å². The number of ether oxygens (including phenoxy) is 2. The van der Waals surface area contributed by atoms with Crippen LogP contribution >= 0.6 is 31.9 Å². The Morgan fingerprint density at radius 2 is 2.04 bits per heavy atom. The molecule has 0 saturated carbocycles. The van der Waals surface area contributed by atoms with Crippen molar-refractivity contribution < 1.29 is 14.3 Å². The molecule has 126 valence electrons. The molecule has 0 fully saturated rings. The summed E-state index contributed by atoms with van der Waals surface area (Å²) in [6.45, 7) is 1.81. The summed E-state index contributed by atoms with van der Waals surface area (Å²) in [4.78, 5) is 11.8. The number of carbonyl (C=O) groups is 1. The smallest absolute Gasteiger partial charge is 0.277 e. The van der Waals surface area contributed by atoms with Gasteiger partial charge >= 0.3 is 0 Å². The zero-order valence-corrected chi connectivity index (χ0v) is 16.3. The number of halogens is 2. The number of hydrogen-bond acceptors (Lipinski definition) is 4. The highest BCUT2D eigenvalue weighted by Gasteiger charge is 2.08. The molecule has 0 bridgehead atoms. The van der Waals surface area contributed by atoms with E-state index in [1.165, 1.54) is 6.21 Å². The number of aryl methyl sites for hydroxylation is 1. The molecule has 0 aromatic heterocycles. The van der Waals surface area contributed by atoms with Crippen molar-refractivity contribution in [3.05, 3.63) is 56.5 Å². The fourth-order valence-electron chi connectivity index (χ4n) is 1.96. The lowest BCUT2D eigenvalue weighted by Gasteiger charge is -2.08. The van der Waals surface area contributed by atoms with Gasteiger partial charge in [-0.05, 0) is 46.6 Å². The first-order valence-corrected chi connectivity index (χ1v) is 8.63. The van der Waals surface area contributed by atoms with Crippen LogP contribution in [-0.4, -0.2) is 25.8 Å². The zero-order chi connectivity index (χ0) is 17.5. The molecule has 2 rings (SSSR count). The molecule has 24 heavy (non-hydrogen) atoms. The van der Waals surface area contributed by atoms with Gasteiger partial charge in [-0.15, -0.1) is 0 Å². The van der Waals surface area contributed by atoms with E-state index < -0.39 is 0 Å². The van der Waals surface area contributed by atoms with Crippen LogP contribution in [0.3, 0.4) is 0 Å². The van der Waals surface area contributed by atoms with Crippen LogP contribution in [0, 0.1) is 6.92 Å². The number of carbonyl (C=O) groups excluding carboxylic acids is 1. The molecule has 0 radical (unpaired) electrons. The number of para-hydroxylation sites is 1. The number of amides is 1. The number of hydrogen-bond donors (Lipinski definition) is 1. The van der Waals surface area contributed by atoms with Gasteiger partial charge in [-0.2, -0.15) is 5.10 Å². The SMILES string of the molecule is COc1c(Br)cc(Br)cc1/C=N\NC(=O)COc1ccccc1C. The van der Waals surface area contributed by atoms with Gasteiger partial charge in [-0.1, -0.05) is 34.1 Å². The maximum Gasteiger partial charge on any atom is 0.277 e. The third-order valence-electron chi connectivity index (χ3n) is 3.09. The number of nitrogens with zero attached hydrogens (tertiary/aromatic N) is 1. The predicted molar refractivity (Wildman–Crippen MR) is 101 cm³/mol. The standard InChI is InChI=1S/C17H16Br2N2O3/c1-11-5-3-4-6-15(11)24-10-16(22)21-20-9-12-7-13(18)8-14(19)17(12)23-2/h3-9H,10H2,1-2H3,(H,21,22)/b20-9-. The fourth-order valence-corrected chi connectivity index (χ4v) is 3.38. The van der Waals surface area contributed by atoms with Gasteiger partial charge in [0.2, 0.25) is 0 Å². The van der Waals surface area contributed by atoms with E-state index in [9.17, 15) is 4.79 Å². The van der Waals surface area contributed by atoms with E-state index in [0.717, 1.165) is 20.1 Å². The summed E-state index contributed by atoms with van der Waals surface area (Å²) in [5.41, 5.74) is 4.12. The number of nitrogens with one attached hydrogen (secondary N) is 1. The maximum absolute atomic E-state index is 11.8. The molecule has 0 spiro atoms.